The topological polar surface area (TPSA) is 73.7 Å². The van der Waals surface area contributed by atoms with Crippen LogP contribution >= 0.6 is 0 Å². The second-order valence-corrected chi connectivity index (χ2v) is 12.0. The number of fused-ring (bicyclic) bond motifs is 2. The number of hydrogen-bond donors (Lipinski definition) is 1. The molecule has 2 saturated carbocycles. The summed E-state index contributed by atoms with van der Waals surface area (Å²) in [6, 6.07) is 2.31. The Morgan fingerprint density at radius 1 is 1.16 bits per heavy atom. The van der Waals surface area contributed by atoms with Crippen molar-refractivity contribution < 1.29 is 26.7 Å². The molecule has 2 aliphatic carbocycles. The first-order valence-corrected chi connectivity index (χ1v) is 12.3. The van der Waals surface area contributed by atoms with Crippen LogP contribution in [0.1, 0.15) is 45.6 Å². The van der Waals surface area contributed by atoms with E-state index in [1.165, 1.54) is 10.4 Å². The fourth-order valence-corrected chi connectivity index (χ4v) is 8.59. The van der Waals surface area contributed by atoms with Gasteiger partial charge in [0, 0.05) is 37.8 Å². The Hall–Kier alpha value is -1.39. The standard InChI is InChI=1S/C21H30F3N3O3S/c1-18(2)15-6-7-20(18,19(3,28)12-15)14-31(29,30)27-10-8-26(9-11-27)17-5-4-16(13-25-17)21(22,23)24/h4-5,13,15,28H,6-12,14H2,1-3H3/t15-,19?,20+/m1/s1. The van der Waals surface area contributed by atoms with Crippen molar-refractivity contribution in [2.45, 2.75) is 51.8 Å². The van der Waals surface area contributed by atoms with Gasteiger partial charge in [-0.05, 0) is 49.7 Å². The van der Waals surface area contributed by atoms with Crippen LogP contribution in [0.2, 0.25) is 0 Å². The summed E-state index contributed by atoms with van der Waals surface area (Å²) < 4.78 is 66.4. The molecule has 1 aromatic rings. The molecule has 0 spiro atoms. The number of hydrogen-bond acceptors (Lipinski definition) is 5. The van der Waals surface area contributed by atoms with Gasteiger partial charge >= 0.3 is 6.18 Å². The van der Waals surface area contributed by atoms with Crippen molar-refractivity contribution >= 4 is 15.8 Å². The van der Waals surface area contributed by atoms with Crippen molar-refractivity contribution in [1.82, 2.24) is 9.29 Å². The van der Waals surface area contributed by atoms with E-state index in [4.69, 9.17) is 0 Å². The van der Waals surface area contributed by atoms with Gasteiger partial charge in [-0.1, -0.05) is 13.8 Å². The van der Waals surface area contributed by atoms with E-state index in [0.717, 1.165) is 18.7 Å². The molecule has 1 aliphatic heterocycles. The smallest absolute Gasteiger partial charge is 0.390 e. The summed E-state index contributed by atoms with van der Waals surface area (Å²) in [6.07, 6.45) is -1.37. The molecule has 0 radical (unpaired) electrons. The number of aromatic nitrogens is 1. The van der Waals surface area contributed by atoms with Crippen LogP contribution in [0.15, 0.2) is 18.3 Å². The molecule has 1 unspecified atom stereocenters. The molecule has 31 heavy (non-hydrogen) atoms. The molecule has 1 saturated heterocycles. The molecule has 3 fully saturated rings. The molecular formula is C21H30F3N3O3S. The first-order valence-electron chi connectivity index (χ1n) is 10.7. The van der Waals surface area contributed by atoms with Crippen LogP contribution in [-0.2, 0) is 16.2 Å². The Balaban J connectivity index is 1.45. The van der Waals surface area contributed by atoms with Crippen LogP contribution in [0.25, 0.3) is 0 Å². The van der Waals surface area contributed by atoms with Crippen molar-refractivity contribution in [3.05, 3.63) is 23.9 Å². The maximum absolute atomic E-state index is 13.4. The first-order chi connectivity index (χ1) is 14.2. The van der Waals surface area contributed by atoms with Crippen LogP contribution in [0.4, 0.5) is 19.0 Å². The van der Waals surface area contributed by atoms with E-state index in [2.05, 4.69) is 18.8 Å². The lowest BCUT2D eigenvalue weighted by atomic mass is 9.65. The van der Waals surface area contributed by atoms with Gasteiger partial charge in [0.15, 0.2) is 0 Å². The molecule has 1 N–H and O–H groups in total. The number of nitrogens with zero attached hydrogens (tertiary/aromatic N) is 3. The van der Waals surface area contributed by atoms with E-state index in [1.807, 2.05) is 0 Å². The largest absolute Gasteiger partial charge is 0.417 e. The molecule has 2 heterocycles. The third kappa shape index (κ3) is 3.54. The Morgan fingerprint density at radius 3 is 2.26 bits per heavy atom. The van der Waals surface area contributed by atoms with Gasteiger partial charge in [-0.25, -0.2) is 13.4 Å². The summed E-state index contributed by atoms with van der Waals surface area (Å²) in [5, 5.41) is 11.1. The van der Waals surface area contributed by atoms with Crippen LogP contribution in [-0.4, -0.2) is 60.3 Å². The Morgan fingerprint density at radius 2 is 1.81 bits per heavy atom. The Kier molecular flexibility index (Phi) is 5.19. The lowest BCUT2D eigenvalue weighted by Crippen LogP contribution is -2.56. The summed E-state index contributed by atoms with van der Waals surface area (Å²) in [6.45, 7) is 7.13. The molecule has 0 amide bonds. The van der Waals surface area contributed by atoms with Crippen LogP contribution in [0.5, 0.6) is 0 Å². The molecular weight excluding hydrogens is 431 g/mol. The van der Waals surface area contributed by atoms with Crippen molar-refractivity contribution in [2.75, 3.05) is 36.8 Å². The third-order valence-corrected chi connectivity index (χ3v) is 10.3. The van der Waals surface area contributed by atoms with Crippen LogP contribution < -0.4 is 4.90 Å². The van der Waals surface area contributed by atoms with E-state index in [0.29, 0.717) is 37.7 Å². The molecule has 6 nitrogen and oxygen atoms in total. The van der Waals surface area contributed by atoms with Crippen LogP contribution in [0.3, 0.4) is 0 Å². The molecule has 4 rings (SSSR count). The minimum absolute atomic E-state index is 0.0744. The number of rotatable bonds is 4. The molecule has 2 bridgehead atoms. The molecule has 174 valence electrons. The lowest BCUT2D eigenvalue weighted by molar-refractivity contribution is -0.137. The zero-order valence-corrected chi connectivity index (χ0v) is 18.9. The third-order valence-electron chi connectivity index (χ3n) is 8.31. The van der Waals surface area contributed by atoms with Gasteiger partial charge in [-0.3, -0.25) is 0 Å². The van der Waals surface area contributed by atoms with Crippen molar-refractivity contribution in [1.29, 1.82) is 0 Å². The average molecular weight is 462 g/mol. The minimum atomic E-state index is -4.44. The zero-order chi connectivity index (χ0) is 22.9. The highest BCUT2D eigenvalue weighted by atomic mass is 32.2. The van der Waals surface area contributed by atoms with E-state index in [9.17, 15) is 26.7 Å². The highest BCUT2D eigenvalue weighted by molar-refractivity contribution is 7.89. The van der Waals surface area contributed by atoms with Crippen molar-refractivity contribution in [3.63, 3.8) is 0 Å². The van der Waals surface area contributed by atoms with E-state index >= 15 is 0 Å². The van der Waals surface area contributed by atoms with Gasteiger partial charge in [0.2, 0.25) is 10.0 Å². The highest BCUT2D eigenvalue weighted by Gasteiger charge is 2.70. The molecule has 3 atom stereocenters. The number of pyridine rings is 1. The van der Waals surface area contributed by atoms with Crippen molar-refractivity contribution in [2.24, 2.45) is 16.7 Å². The van der Waals surface area contributed by atoms with Gasteiger partial charge in [0.25, 0.3) is 0 Å². The van der Waals surface area contributed by atoms with E-state index in [1.54, 1.807) is 11.8 Å². The average Bonchev–Trinajstić information content (AvgIpc) is 2.99. The highest BCUT2D eigenvalue weighted by Crippen LogP contribution is 2.70. The maximum Gasteiger partial charge on any atom is 0.417 e. The second kappa shape index (κ2) is 7.05. The number of anilines is 1. The molecule has 1 aromatic heterocycles. The van der Waals surface area contributed by atoms with Gasteiger partial charge < -0.3 is 10.0 Å². The van der Waals surface area contributed by atoms with Gasteiger partial charge in [0.05, 0.1) is 16.9 Å². The molecule has 10 heteroatoms. The van der Waals surface area contributed by atoms with Crippen LogP contribution in [0, 0.1) is 16.7 Å². The lowest BCUT2D eigenvalue weighted by Gasteiger charge is -2.47. The fourth-order valence-electron chi connectivity index (χ4n) is 6.24. The normalized spacial score (nSPS) is 33.8. The second-order valence-electron chi connectivity index (χ2n) is 10.1. The van der Waals surface area contributed by atoms with Gasteiger partial charge in [-0.2, -0.15) is 17.5 Å². The summed E-state index contributed by atoms with van der Waals surface area (Å²) in [4.78, 5) is 5.71. The summed E-state index contributed by atoms with van der Waals surface area (Å²) in [5.74, 6) is 0.650. The Bertz CT molecular complexity index is 939. The number of halogens is 3. The number of piperazine rings is 1. The summed E-state index contributed by atoms with van der Waals surface area (Å²) >= 11 is 0. The zero-order valence-electron chi connectivity index (χ0n) is 18.1. The van der Waals surface area contributed by atoms with Crippen molar-refractivity contribution in [3.8, 4) is 0 Å². The number of aliphatic hydroxyl groups is 1. The van der Waals surface area contributed by atoms with Gasteiger partial charge in [0.1, 0.15) is 5.82 Å². The maximum atomic E-state index is 13.4. The quantitative estimate of drug-likeness (QED) is 0.746. The minimum Gasteiger partial charge on any atom is -0.390 e. The number of alkyl halides is 3. The van der Waals surface area contributed by atoms with E-state index in [-0.39, 0.29) is 24.3 Å². The van der Waals surface area contributed by atoms with Gasteiger partial charge in [-0.15, -0.1) is 0 Å². The Labute approximate surface area is 181 Å². The first kappa shape index (κ1) is 22.8. The molecule has 0 aromatic carbocycles. The molecule has 3 aliphatic rings. The fraction of sp³-hybridized carbons (Fsp3) is 0.762. The number of sulfonamides is 1. The van der Waals surface area contributed by atoms with E-state index < -0.39 is 32.8 Å². The predicted molar refractivity (Wildman–Crippen MR) is 111 cm³/mol. The monoisotopic (exact) mass is 461 g/mol. The SMILES string of the molecule is CC1(O)C[C@H]2CC[C@]1(CS(=O)(=O)N1CCN(c3ccc(C(F)(F)F)cn3)CC1)C2(C)C. The summed E-state index contributed by atoms with van der Waals surface area (Å²) in [7, 11) is -3.61. The predicted octanol–water partition coefficient (Wildman–Crippen LogP) is 3.13. The summed E-state index contributed by atoms with van der Waals surface area (Å²) in [5.41, 5.74) is -2.75.